The highest BCUT2D eigenvalue weighted by atomic mass is 32.2. The monoisotopic (exact) mass is 521 g/mol. The minimum absolute atomic E-state index is 0.215. The Balaban J connectivity index is 3.46. The number of thioether (sulfide) groups is 1. The van der Waals surface area contributed by atoms with Crippen LogP contribution in [0.25, 0.3) is 0 Å². The van der Waals surface area contributed by atoms with Gasteiger partial charge in [0, 0.05) is 12.1 Å². The molecule has 0 fully saturated rings. The lowest BCUT2D eigenvalue weighted by Gasteiger charge is -2.44. The van der Waals surface area contributed by atoms with Crippen LogP contribution >= 0.6 is 11.8 Å². The molecule has 8 heteroatoms. The molecular weight excluding hydrogens is 474 g/mol. The molecule has 2 unspecified atom stereocenters. The van der Waals surface area contributed by atoms with Crippen LogP contribution in [0.15, 0.2) is 30.3 Å². The lowest BCUT2D eigenvalue weighted by atomic mass is 9.91. The third-order valence-electron chi connectivity index (χ3n) is 6.06. The summed E-state index contributed by atoms with van der Waals surface area (Å²) in [5.74, 6) is 0.165. The van der Waals surface area contributed by atoms with Crippen molar-refractivity contribution in [1.82, 2.24) is 15.5 Å². The van der Waals surface area contributed by atoms with Crippen molar-refractivity contribution in [2.24, 2.45) is 0 Å². The second-order valence-electron chi connectivity index (χ2n) is 10.7. The van der Waals surface area contributed by atoms with Crippen molar-refractivity contribution in [1.29, 1.82) is 0 Å². The van der Waals surface area contributed by atoms with Crippen molar-refractivity contribution in [2.75, 3.05) is 18.6 Å². The first kappa shape index (κ1) is 31.8. The van der Waals surface area contributed by atoms with Gasteiger partial charge in [0.15, 0.2) is 0 Å². The molecule has 0 saturated carbocycles. The van der Waals surface area contributed by atoms with Crippen LogP contribution < -0.4 is 10.6 Å². The fourth-order valence-electron chi connectivity index (χ4n) is 3.79. The molecule has 1 aromatic rings. The predicted molar refractivity (Wildman–Crippen MR) is 149 cm³/mol. The zero-order valence-electron chi connectivity index (χ0n) is 23.5. The van der Waals surface area contributed by atoms with Crippen molar-refractivity contribution >= 4 is 29.7 Å². The zero-order valence-corrected chi connectivity index (χ0v) is 24.3. The van der Waals surface area contributed by atoms with Gasteiger partial charge in [-0.05, 0) is 71.5 Å². The van der Waals surface area contributed by atoms with Crippen molar-refractivity contribution in [3.05, 3.63) is 35.9 Å². The first-order valence-corrected chi connectivity index (χ1v) is 14.4. The number of hydrogen-bond donors (Lipinski definition) is 2. The second kappa shape index (κ2) is 15.1. The topological polar surface area (TPSA) is 87.7 Å². The average molecular weight is 522 g/mol. The minimum atomic E-state index is -0.826. The molecular formula is C28H47N3O4S. The SMILES string of the molecule is CCCCCNC(=O)C(c1ccccc1)N(C(=O)C(CCSC)NC(=O)OC(C)(C)C)C(C)(C)CC. The van der Waals surface area contributed by atoms with E-state index in [1.54, 1.807) is 37.4 Å². The molecule has 204 valence electrons. The number of alkyl carbamates (subject to hydrolysis) is 1. The molecule has 0 aliphatic rings. The summed E-state index contributed by atoms with van der Waals surface area (Å²) in [7, 11) is 0. The van der Waals surface area contributed by atoms with E-state index in [0.29, 0.717) is 25.1 Å². The summed E-state index contributed by atoms with van der Waals surface area (Å²) in [5, 5.41) is 5.85. The number of ether oxygens (including phenoxy) is 1. The maximum atomic E-state index is 14.2. The summed E-state index contributed by atoms with van der Waals surface area (Å²) in [6.45, 7) is 13.9. The number of nitrogens with one attached hydrogen (secondary N) is 2. The number of rotatable bonds is 14. The zero-order chi connectivity index (χ0) is 27.4. The van der Waals surface area contributed by atoms with E-state index in [0.717, 1.165) is 24.8 Å². The molecule has 0 spiro atoms. The van der Waals surface area contributed by atoms with E-state index in [1.165, 1.54) is 0 Å². The van der Waals surface area contributed by atoms with Gasteiger partial charge < -0.3 is 20.3 Å². The molecule has 1 aromatic carbocycles. The normalized spacial score (nSPS) is 13.4. The molecule has 0 bridgehead atoms. The average Bonchev–Trinajstić information content (AvgIpc) is 2.81. The van der Waals surface area contributed by atoms with Gasteiger partial charge in [-0.1, -0.05) is 57.0 Å². The summed E-state index contributed by atoms with van der Waals surface area (Å²) in [4.78, 5) is 42.2. The molecule has 1 rings (SSSR count). The van der Waals surface area contributed by atoms with Crippen LogP contribution in [0.1, 0.15) is 92.2 Å². The van der Waals surface area contributed by atoms with E-state index < -0.39 is 29.3 Å². The summed E-state index contributed by atoms with van der Waals surface area (Å²) < 4.78 is 5.45. The van der Waals surface area contributed by atoms with Crippen molar-refractivity contribution < 1.29 is 19.1 Å². The number of unbranched alkanes of at least 4 members (excludes halogenated alkanes) is 2. The first-order valence-electron chi connectivity index (χ1n) is 13.0. The predicted octanol–water partition coefficient (Wildman–Crippen LogP) is 5.70. The Kier molecular flexibility index (Phi) is 13.4. The Bertz CT molecular complexity index is 824. The summed E-state index contributed by atoms with van der Waals surface area (Å²) >= 11 is 1.60. The van der Waals surface area contributed by atoms with Gasteiger partial charge >= 0.3 is 6.09 Å². The van der Waals surface area contributed by atoms with E-state index in [1.807, 2.05) is 57.4 Å². The Hall–Kier alpha value is -2.22. The quantitative estimate of drug-likeness (QED) is 0.307. The van der Waals surface area contributed by atoms with E-state index in [9.17, 15) is 14.4 Å². The second-order valence-corrected chi connectivity index (χ2v) is 11.7. The molecule has 0 radical (unpaired) electrons. The molecule has 0 aliphatic carbocycles. The van der Waals surface area contributed by atoms with Gasteiger partial charge in [-0.2, -0.15) is 11.8 Å². The van der Waals surface area contributed by atoms with E-state index >= 15 is 0 Å². The van der Waals surface area contributed by atoms with Gasteiger partial charge in [0.25, 0.3) is 0 Å². The van der Waals surface area contributed by atoms with Gasteiger partial charge in [0.1, 0.15) is 17.7 Å². The van der Waals surface area contributed by atoms with Crippen LogP contribution in [0.5, 0.6) is 0 Å². The van der Waals surface area contributed by atoms with E-state index in [4.69, 9.17) is 4.74 Å². The summed E-state index contributed by atoms with van der Waals surface area (Å²) in [6.07, 6.45) is 5.33. The Labute approximate surface area is 222 Å². The lowest BCUT2D eigenvalue weighted by molar-refractivity contribution is -0.149. The first-order chi connectivity index (χ1) is 16.9. The molecule has 2 atom stereocenters. The van der Waals surface area contributed by atoms with Crippen LogP contribution in [0.4, 0.5) is 4.79 Å². The highest BCUT2D eigenvalue weighted by Crippen LogP contribution is 2.32. The van der Waals surface area contributed by atoms with Crippen LogP contribution in [0, 0.1) is 0 Å². The highest BCUT2D eigenvalue weighted by molar-refractivity contribution is 7.98. The standard InChI is InChI=1S/C28H47N3O4S/c1-9-11-15-19-29-24(32)23(21-16-13-12-14-17-21)31(28(6,7)10-2)25(33)22(18-20-36-8)30-26(34)35-27(3,4)5/h12-14,16-17,22-23H,9-11,15,18-20H2,1-8H3,(H,29,32)(H,30,34). The lowest BCUT2D eigenvalue weighted by Crippen LogP contribution is -2.59. The maximum absolute atomic E-state index is 14.2. The summed E-state index contributed by atoms with van der Waals surface area (Å²) in [6, 6.07) is 7.74. The third kappa shape index (κ3) is 10.4. The van der Waals surface area contributed by atoms with Gasteiger partial charge in [0.05, 0.1) is 0 Å². The van der Waals surface area contributed by atoms with Gasteiger partial charge in [-0.3, -0.25) is 9.59 Å². The van der Waals surface area contributed by atoms with Gasteiger partial charge in [0.2, 0.25) is 11.8 Å². The Morgan fingerprint density at radius 3 is 2.19 bits per heavy atom. The molecule has 0 saturated heterocycles. The summed E-state index contributed by atoms with van der Waals surface area (Å²) in [5.41, 5.74) is -0.600. The minimum Gasteiger partial charge on any atom is -0.444 e. The molecule has 3 amide bonds. The van der Waals surface area contributed by atoms with Gasteiger partial charge in [-0.15, -0.1) is 0 Å². The Morgan fingerprint density at radius 2 is 1.67 bits per heavy atom. The van der Waals surface area contributed by atoms with E-state index in [-0.39, 0.29) is 11.8 Å². The number of carbonyl (C=O) groups excluding carboxylic acids is 3. The third-order valence-corrected chi connectivity index (χ3v) is 6.70. The molecule has 0 aliphatic heterocycles. The smallest absolute Gasteiger partial charge is 0.408 e. The van der Waals surface area contributed by atoms with Crippen molar-refractivity contribution in [3.8, 4) is 0 Å². The number of hydrogen-bond acceptors (Lipinski definition) is 5. The number of nitrogens with zero attached hydrogens (tertiary/aromatic N) is 1. The van der Waals surface area contributed by atoms with Crippen LogP contribution in [0.3, 0.4) is 0 Å². The van der Waals surface area contributed by atoms with Gasteiger partial charge in [-0.25, -0.2) is 4.79 Å². The Morgan fingerprint density at radius 1 is 1.03 bits per heavy atom. The molecule has 0 heterocycles. The fourth-order valence-corrected chi connectivity index (χ4v) is 4.26. The number of carbonyl (C=O) groups is 3. The van der Waals surface area contributed by atoms with Crippen molar-refractivity contribution in [2.45, 2.75) is 104 Å². The maximum Gasteiger partial charge on any atom is 0.408 e. The number of amides is 3. The van der Waals surface area contributed by atoms with E-state index in [2.05, 4.69) is 17.6 Å². The molecule has 2 N–H and O–H groups in total. The molecule has 36 heavy (non-hydrogen) atoms. The van der Waals surface area contributed by atoms with Crippen molar-refractivity contribution in [3.63, 3.8) is 0 Å². The fraction of sp³-hybridized carbons (Fsp3) is 0.679. The van der Waals surface area contributed by atoms with Crippen LogP contribution in [-0.2, 0) is 14.3 Å². The molecule has 7 nitrogen and oxygen atoms in total. The van der Waals surface area contributed by atoms with Crippen LogP contribution in [-0.4, -0.2) is 58.5 Å². The largest absolute Gasteiger partial charge is 0.444 e. The van der Waals surface area contributed by atoms with Crippen LogP contribution in [0.2, 0.25) is 0 Å². The number of benzene rings is 1. The molecule has 0 aromatic heterocycles. The highest BCUT2D eigenvalue weighted by Gasteiger charge is 2.42.